The molecule has 8 heteroatoms. The average molecular weight is 417 g/mol. The van der Waals surface area contributed by atoms with Gasteiger partial charge in [-0.25, -0.2) is 4.98 Å². The summed E-state index contributed by atoms with van der Waals surface area (Å²) in [5.74, 6) is 0.858. The van der Waals surface area contributed by atoms with Crippen molar-refractivity contribution < 1.29 is 0 Å². The Hall–Kier alpha value is -3.94. The van der Waals surface area contributed by atoms with E-state index in [1.54, 1.807) is 10.7 Å². The highest BCUT2D eigenvalue weighted by Crippen LogP contribution is 2.35. The molecule has 1 unspecified atom stereocenters. The molecule has 0 bridgehead atoms. The summed E-state index contributed by atoms with van der Waals surface area (Å²) < 4.78 is 1.61. The quantitative estimate of drug-likeness (QED) is 0.439. The number of aromatic amines is 1. The lowest BCUT2D eigenvalue weighted by atomic mass is 9.82. The van der Waals surface area contributed by atoms with E-state index in [2.05, 4.69) is 32.4 Å². The number of allylic oxidation sites excluding steroid dienone is 2. The van der Waals surface area contributed by atoms with Gasteiger partial charge in [0.05, 0.1) is 23.6 Å². The number of fused-ring (bicyclic) bond motifs is 2. The maximum atomic E-state index is 6.41. The Morgan fingerprint density at radius 1 is 1.16 bits per heavy atom. The van der Waals surface area contributed by atoms with E-state index in [0.29, 0.717) is 22.8 Å². The Labute approximate surface area is 185 Å². The zero-order valence-corrected chi connectivity index (χ0v) is 17.4. The molecule has 7 nitrogen and oxygen atoms in total. The van der Waals surface area contributed by atoms with Crippen molar-refractivity contribution in [2.75, 3.05) is 5.73 Å². The Morgan fingerprint density at radius 2 is 2.06 bits per heavy atom. The minimum absolute atomic E-state index is 0.405. The summed E-state index contributed by atoms with van der Waals surface area (Å²) in [6, 6.07) is 10.1. The minimum atomic E-state index is 0.405. The van der Waals surface area contributed by atoms with Gasteiger partial charge < -0.3 is 5.73 Å². The fourth-order valence-corrected chi connectivity index (χ4v) is 4.53. The van der Waals surface area contributed by atoms with Gasteiger partial charge >= 0.3 is 0 Å². The first kappa shape index (κ1) is 18.8. The van der Waals surface area contributed by atoms with Crippen LogP contribution in [0.5, 0.6) is 0 Å². The van der Waals surface area contributed by atoms with Gasteiger partial charge in [-0.2, -0.15) is 14.7 Å². The van der Waals surface area contributed by atoms with Crippen LogP contribution in [0.2, 0.25) is 0 Å². The topological polar surface area (TPSA) is 97.8 Å². The Morgan fingerprint density at radius 3 is 2.88 bits per heavy atom. The molecule has 0 spiro atoms. The molecule has 5 aromatic rings. The van der Waals surface area contributed by atoms with E-state index in [-0.39, 0.29) is 0 Å². The standard InChI is InChI=1S/C24H20BN7/c25-21-22(15-7-5-14(6-8-15)18-11-28-29-12-18)31-24-19(13-30-32(24)23(21)26)17-9-16-3-1-2-4-20(16)27-10-17/h1-4,7,9-14H,5-6,8,26H2,(H,28,29). The van der Waals surface area contributed by atoms with Crippen molar-refractivity contribution in [3.05, 3.63) is 72.5 Å². The van der Waals surface area contributed by atoms with Gasteiger partial charge in [0.25, 0.3) is 0 Å². The number of H-pyrrole nitrogens is 1. The predicted molar refractivity (Wildman–Crippen MR) is 127 cm³/mol. The minimum Gasteiger partial charge on any atom is -0.384 e. The number of rotatable bonds is 3. The number of hydrogen-bond donors (Lipinski definition) is 2. The molecule has 4 aromatic heterocycles. The van der Waals surface area contributed by atoms with E-state index in [1.165, 1.54) is 5.56 Å². The van der Waals surface area contributed by atoms with Crippen molar-refractivity contribution >= 4 is 41.3 Å². The Balaban J connectivity index is 1.44. The first-order valence-electron chi connectivity index (χ1n) is 10.6. The van der Waals surface area contributed by atoms with Crippen LogP contribution in [0.1, 0.15) is 36.4 Å². The maximum absolute atomic E-state index is 6.41. The molecule has 1 aliphatic carbocycles. The van der Waals surface area contributed by atoms with Gasteiger partial charge in [0.15, 0.2) is 5.65 Å². The number of aromatic nitrogens is 6. The number of anilines is 1. The van der Waals surface area contributed by atoms with E-state index in [9.17, 15) is 0 Å². The van der Waals surface area contributed by atoms with Crippen LogP contribution in [0.3, 0.4) is 0 Å². The third-order valence-corrected chi connectivity index (χ3v) is 6.33. The second-order valence-electron chi connectivity index (χ2n) is 8.20. The average Bonchev–Trinajstić information content (AvgIpc) is 3.52. The Kier molecular flexibility index (Phi) is 4.31. The molecule has 0 saturated carbocycles. The summed E-state index contributed by atoms with van der Waals surface area (Å²) >= 11 is 0. The van der Waals surface area contributed by atoms with Crippen LogP contribution >= 0.6 is 0 Å². The van der Waals surface area contributed by atoms with Crippen molar-refractivity contribution in [3.8, 4) is 11.1 Å². The third-order valence-electron chi connectivity index (χ3n) is 6.33. The second-order valence-corrected chi connectivity index (χ2v) is 8.20. The molecule has 1 aliphatic rings. The third kappa shape index (κ3) is 2.99. The van der Waals surface area contributed by atoms with Crippen LogP contribution in [0.25, 0.3) is 33.3 Å². The highest BCUT2D eigenvalue weighted by molar-refractivity contribution is 6.37. The highest BCUT2D eigenvalue weighted by Gasteiger charge is 2.22. The fraction of sp³-hybridized carbons (Fsp3) is 0.167. The van der Waals surface area contributed by atoms with E-state index < -0.39 is 0 Å². The molecule has 154 valence electrons. The van der Waals surface area contributed by atoms with Crippen molar-refractivity contribution in [2.45, 2.75) is 25.2 Å². The normalized spacial score (nSPS) is 16.5. The maximum Gasteiger partial charge on any atom is 0.165 e. The number of hydrogen-bond acceptors (Lipinski definition) is 5. The van der Waals surface area contributed by atoms with Gasteiger partial charge in [-0.3, -0.25) is 10.1 Å². The first-order valence-corrected chi connectivity index (χ1v) is 10.6. The van der Waals surface area contributed by atoms with Crippen molar-refractivity contribution in [1.82, 2.24) is 29.8 Å². The molecule has 0 aliphatic heterocycles. The van der Waals surface area contributed by atoms with Crippen LogP contribution < -0.4 is 11.2 Å². The van der Waals surface area contributed by atoms with Crippen molar-refractivity contribution in [2.24, 2.45) is 0 Å². The number of pyridine rings is 1. The lowest BCUT2D eigenvalue weighted by Gasteiger charge is -2.22. The highest BCUT2D eigenvalue weighted by atomic mass is 15.3. The van der Waals surface area contributed by atoms with Crippen LogP contribution in [0, 0.1) is 0 Å². The summed E-state index contributed by atoms with van der Waals surface area (Å²) in [7, 11) is 6.41. The van der Waals surface area contributed by atoms with Crippen LogP contribution in [0.15, 0.2) is 61.2 Å². The summed E-state index contributed by atoms with van der Waals surface area (Å²) in [5, 5.41) is 12.5. The van der Waals surface area contributed by atoms with E-state index in [0.717, 1.165) is 52.6 Å². The number of nitrogens with zero attached hydrogens (tertiary/aromatic N) is 5. The molecule has 1 aromatic carbocycles. The molecule has 3 N–H and O–H groups in total. The summed E-state index contributed by atoms with van der Waals surface area (Å²) in [6.07, 6.45) is 12.5. The number of nitrogen functional groups attached to an aromatic ring is 1. The molecule has 1 atom stereocenters. The van der Waals surface area contributed by atoms with Crippen LogP contribution in [-0.4, -0.2) is 37.6 Å². The molecule has 32 heavy (non-hydrogen) atoms. The monoisotopic (exact) mass is 417 g/mol. The molecule has 6 rings (SSSR count). The summed E-state index contributed by atoms with van der Waals surface area (Å²) in [4.78, 5) is 9.53. The van der Waals surface area contributed by atoms with Crippen LogP contribution in [-0.2, 0) is 0 Å². The number of benzene rings is 1. The van der Waals surface area contributed by atoms with E-state index >= 15 is 0 Å². The van der Waals surface area contributed by atoms with E-state index in [1.807, 2.05) is 42.9 Å². The molecular formula is C24H20BN7. The Bertz CT molecular complexity index is 1480. The van der Waals surface area contributed by atoms with Crippen LogP contribution in [0.4, 0.5) is 5.82 Å². The van der Waals surface area contributed by atoms with Gasteiger partial charge in [-0.1, -0.05) is 24.3 Å². The molecule has 0 saturated heterocycles. The first-order chi connectivity index (χ1) is 15.7. The zero-order valence-electron chi connectivity index (χ0n) is 17.4. The molecule has 2 radical (unpaired) electrons. The second kappa shape index (κ2) is 7.34. The molecule has 0 fully saturated rings. The molecule has 0 amide bonds. The van der Waals surface area contributed by atoms with Crippen molar-refractivity contribution in [3.63, 3.8) is 0 Å². The SMILES string of the molecule is [B]c1c(C2=CCC(c3cn[nH]c3)CC2)nc2c(-c3cnc4ccccc4c3)cnn2c1N. The lowest BCUT2D eigenvalue weighted by molar-refractivity contribution is 0.625. The predicted octanol–water partition coefficient (Wildman–Crippen LogP) is 3.39. The van der Waals surface area contributed by atoms with Gasteiger partial charge in [-0.15, -0.1) is 0 Å². The fourth-order valence-electron chi connectivity index (χ4n) is 4.53. The van der Waals surface area contributed by atoms with Gasteiger partial charge in [0.1, 0.15) is 13.7 Å². The van der Waals surface area contributed by atoms with Gasteiger partial charge in [0, 0.05) is 28.9 Å². The molecule has 4 heterocycles. The smallest absolute Gasteiger partial charge is 0.165 e. The van der Waals surface area contributed by atoms with Gasteiger partial charge in [-0.05, 0) is 53.9 Å². The number of nitrogens with two attached hydrogens (primary N) is 1. The van der Waals surface area contributed by atoms with E-state index in [4.69, 9.17) is 18.6 Å². The summed E-state index contributed by atoms with van der Waals surface area (Å²) in [5.41, 5.74) is 13.4. The lowest BCUT2D eigenvalue weighted by Crippen LogP contribution is -2.22. The van der Waals surface area contributed by atoms with Gasteiger partial charge in [0.2, 0.25) is 0 Å². The zero-order chi connectivity index (χ0) is 21.7. The largest absolute Gasteiger partial charge is 0.384 e. The number of para-hydroxylation sites is 1. The number of nitrogens with one attached hydrogen (secondary N) is 1. The summed E-state index contributed by atoms with van der Waals surface area (Å²) in [6.45, 7) is 0. The molecular weight excluding hydrogens is 397 g/mol. The van der Waals surface area contributed by atoms with Crippen molar-refractivity contribution in [1.29, 1.82) is 0 Å².